The van der Waals surface area contributed by atoms with Crippen LogP contribution >= 0.6 is 0 Å². The molecule has 0 saturated heterocycles. The van der Waals surface area contributed by atoms with Crippen LogP contribution in [0.1, 0.15) is 26.7 Å². The first kappa shape index (κ1) is 12.6. The highest BCUT2D eigenvalue weighted by Gasteiger charge is 2.15. The van der Waals surface area contributed by atoms with Crippen molar-refractivity contribution in [2.45, 2.75) is 26.7 Å². The Balaban J connectivity index is 2.71. The van der Waals surface area contributed by atoms with E-state index < -0.39 is 0 Å². The van der Waals surface area contributed by atoms with Crippen LogP contribution < -0.4 is 4.90 Å². The van der Waals surface area contributed by atoms with Crippen molar-refractivity contribution in [1.82, 2.24) is 0 Å². The minimum absolute atomic E-state index is 0.255. The van der Waals surface area contributed by atoms with Gasteiger partial charge in [0.05, 0.1) is 6.61 Å². The molecule has 88 valence electrons. The van der Waals surface area contributed by atoms with Crippen LogP contribution in [-0.4, -0.2) is 19.2 Å². The largest absolute Gasteiger partial charge is 0.449 e. The third-order valence-electron chi connectivity index (χ3n) is 2.17. The zero-order chi connectivity index (χ0) is 11.8. The summed E-state index contributed by atoms with van der Waals surface area (Å²) in [4.78, 5) is 13.5. The molecule has 0 aliphatic carbocycles. The molecule has 0 atom stereocenters. The molecule has 0 unspecified atom stereocenters. The van der Waals surface area contributed by atoms with Gasteiger partial charge in [0.2, 0.25) is 0 Å². The Labute approximate surface area is 97.0 Å². The van der Waals surface area contributed by atoms with Gasteiger partial charge in [0.1, 0.15) is 0 Å². The van der Waals surface area contributed by atoms with E-state index >= 15 is 0 Å². The smallest absolute Gasteiger partial charge is 0.414 e. The minimum Gasteiger partial charge on any atom is -0.449 e. The van der Waals surface area contributed by atoms with Crippen molar-refractivity contribution in [3.8, 4) is 0 Å². The highest BCUT2D eigenvalue weighted by atomic mass is 16.6. The van der Waals surface area contributed by atoms with Crippen LogP contribution in [0.5, 0.6) is 0 Å². The molecule has 0 aromatic heterocycles. The van der Waals surface area contributed by atoms with Crippen molar-refractivity contribution in [2.24, 2.45) is 0 Å². The zero-order valence-electron chi connectivity index (χ0n) is 9.98. The van der Waals surface area contributed by atoms with E-state index in [1.807, 2.05) is 44.2 Å². The molecule has 0 radical (unpaired) electrons. The molecule has 0 bridgehead atoms. The molecule has 0 aliphatic rings. The highest BCUT2D eigenvalue weighted by Crippen LogP contribution is 2.14. The van der Waals surface area contributed by atoms with Gasteiger partial charge >= 0.3 is 6.09 Å². The molecule has 3 heteroatoms. The quantitative estimate of drug-likeness (QED) is 0.762. The van der Waals surface area contributed by atoms with Gasteiger partial charge in [0.25, 0.3) is 0 Å². The number of hydrogen-bond donors (Lipinski definition) is 0. The second kappa shape index (κ2) is 6.88. The summed E-state index contributed by atoms with van der Waals surface area (Å²) in [5.74, 6) is 0. The molecule has 16 heavy (non-hydrogen) atoms. The Morgan fingerprint density at radius 1 is 1.19 bits per heavy atom. The number of para-hydroxylation sites is 1. The molecule has 1 amide bonds. The molecule has 0 N–H and O–H groups in total. The maximum atomic E-state index is 11.8. The minimum atomic E-state index is -0.255. The average molecular weight is 221 g/mol. The third kappa shape index (κ3) is 3.57. The highest BCUT2D eigenvalue weighted by molar-refractivity contribution is 5.87. The number of hydrogen-bond acceptors (Lipinski definition) is 2. The number of carbonyl (C=O) groups is 1. The molecule has 0 spiro atoms. The average Bonchev–Trinajstić information content (AvgIpc) is 2.34. The van der Waals surface area contributed by atoms with Crippen molar-refractivity contribution in [3.05, 3.63) is 30.3 Å². The summed E-state index contributed by atoms with van der Waals surface area (Å²) < 4.78 is 5.15. The van der Waals surface area contributed by atoms with Gasteiger partial charge in [-0.3, -0.25) is 4.90 Å². The SMILES string of the molecule is CCCOC(=O)N(CCC)c1ccccc1. The summed E-state index contributed by atoms with van der Waals surface area (Å²) in [7, 11) is 0. The van der Waals surface area contributed by atoms with Gasteiger partial charge in [0.15, 0.2) is 0 Å². The van der Waals surface area contributed by atoms with Gasteiger partial charge in [-0.15, -0.1) is 0 Å². The second-order valence-electron chi connectivity index (χ2n) is 3.60. The van der Waals surface area contributed by atoms with E-state index in [1.165, 1.54) is 0 Å². The van der Waals surface area contributed by atoms with Gasteiger partial charge in [-0.25, -0.2) is 4.79 Å². The fraction of sp³-hybridized carbons (Fsp3) is 0.462. The van der Waals surface area contributed by atoms with Crippen molar-refractivity contribution in [2.75, 3.05) is 18.1 Å². The third-order valence-corrected chi connectivity index (χ3v) is 2.17. The summed E-state index contributed by atoms with van der Waals surface area (Å²) in [6.07, 6.45) is 1.51. The van der Waals surface area contributed by atoms with Gasteiger partial charge < -0.3 is 4.74 Å². The van der Waals surface area contributed by atoms with E-state index in [1.54, 1.807) is 4.90 Å². The Morgan fingerprint density at radius 2 is 1.88 bits per heavy atom. The monoisotopic (exact) mass is 221 g/mol. The fourth-order valence-corrected chi connectivity index (χ4v) is 1.42. The van der Waals surface area contributed by atoms with Crippen LogP contribution in [0.4, 0.5) is 10.5 Å². The molecule has 0 heterocycles. The number of benzene rings is 1. The lowest BCUT2D eigenvalue weighted by atomic mass is 10.3. The molecular weight excluding hydrogens is 202 g/mol. The Kier molecular flexibility index (Phi) is 5.40. The van der Waals surface area contributed by atoms with Gasteiger partial charge in [-0.1, -0.05) is 32.0 Å². The van der Waals surface area contributed by atoms with Gasteiger partial charge in [0, 0.05) is 12.2 Å². The van der Waals surface area contributed by atoms with E-state index in [4.69, 9.17) is 4.74 Å². The normalized spacial score (nSPS) is 9.88. The van der Waals surface area contributed by atoms with E-state index in [-0.39, 0.29) is 6.09 Å². The molecular formula is C13H19NO2. The van der Waals surface area contributed by atoms with Gasteiger partial charge in [-0.05, 0) is 25.0 Å². The Morgan fingerprint density at radius 3 is 2.44 bits per heavy atom. The van der Waals surface area contributed by atoms with Crippen molar-refractivity contribution >= 4 is 11.8 Å². The standard InChI is InChI=1S/C13H19NO2/c1-3-10-14(13(15)16-11-4-2)12-8-6-5-7-9-12/h5-9H,3-4,10-11H2,1-2H3. The number of ether oxygens (including phenoxy) is 1. The van der Waals surface area contributed by atoms with Gasteiger partial charge in [-0.2, -0.15) is 0 Å². The summed E-state index contributed by atoms with van der Waals surface area (Å²) in [5.41, 5.74) is 0.894. The maximum absolute atomic E-state index is 11.8. The molecule has 1 aromatic rings. The first-order chi connectivity index (χ1) is 7.79. The van der Waals surface area contributed by atoms with Crippen LogP contribution in [-0.2, 0) is 4.74 Å². The van der Waals surface area contributed by atoms with Crippen molar-refractivity contribution < 1.29 is 9.53 Å². The predicted octanol–water partition coefficient (Wildman–Crippen LogP) is 3.45. The molecule has 1 aromatic carbocycles. The first-order valence-electron chi connectivity index (χ1n) is 5.79. The number of anilines is 1. The number of carbonyl (C=O) groups excluding carboxylic acids is 1. The van der Waals surface area contributed by atoms with Crippen LogP contribution in [0, 0.1) is 0 Å². The maximum Gasteiger partial charge on any atom is 0.414 e. The number of nitrogens with zero attached hydrogens (tertiary/aromatic N) is 1. The van der Waals surface area contributed by atoms with Crippen LogP contribution in [0.2, 0.25) is 0 Å². The number of amides is 1. The van der Waals surface area contributed by atoms with Crippen LogP contribution in [0.15, 0.2) is 30.3 Å². The van der Waals surface area contributed by atoms with Crippen molar-refractivity contribution in [1.29, 1.82) is 0 Å². The zero-order valence-corrected chi connectivity index (χ0v) is 9.98. The Bertz CT molecular complexity index is 311. The lowest BCUT2D eigenvalue weighted by Crippen LogP contribution is -2.32. The predicted molar refractivity (Wildman–Crippen MR) is 65.7 cm³/mol. The van der Waals surface area contributed by atoms with E-state index in [2.05, 4.69) is 0 Å². The molecule has 0 aliphatic heterocycles. The molecule has 1 rings (SSSR count). The van der Waals surface area contributed by atoms with E-state index in [0.29, 0.717) is 13.2 Å². The lowest BCUT2D eigenvalue weighted by molar-refractivity contribution is 0.153. The first-order valence-corrected chi connectivity index (χ1v) is 5.79. The molecule has 0 fully saturated rings. The Hall–Kier alpha value is -1.51. The van der Waals surface area contributed by atoms with E-state index in [0.717, 1.165) is 18.5 Å². The lowest BCUT2D eigenvalue weighted by Gasteiger charge is -2.21. The van der Waals surface area contributed by atoms with Crippen molar-refractivity contribution in [3.63, 3.8) is 0 Å². The summed E-state index contributed by atoms with van der Waals surface area (Å²) in [6.45, 7) is 5.20. The fourth-order valence-electron chi connectivity index (χ4n) is 1.42. The second-order valence-corrected chi connectivity index (χ2v) is 3.60. The van der Waals surface area contributed by atoms with Crippen LogP contribution in [0.25, 0.3) is 0 Å². The summed E-state index contributed by atoms with van der Waals surface area (Å²) in [6, 6.07) is 9.62. The topological polar surface area (TPSA) is 29.5 Å². The summed E-state index contributed by atoms with van der Waals surface area (Å²) >= 11 is 0. The summed E-state index contributed by atoms with van der Waals surface area (Å²) in [5, 5.41) is 0. The number of rotatable bonds is 5. The molecule has 0 saturated carbocycles. The molecule has 3 nitrogen and oxygen atoms in total. The van der Waals surface area contributed by atoms with E-state index in [9.17, 15) is 4.79 Å². The van der Waals surface area contributed by atoms with Crippen LogP contribution in [0.3, 0.4) is 0 Å².